The summed E-state index contributed by atoms with van der Waals surface area (Å²) in [4.78, 5) is 31.2. The molecule has 4 rings (SSSR count). The predicted octanol–water partition coefficient (Wildman–Crippen LogP) is 3.66. The van der Waals surface area contributed by atoms with E-state index in [2.05, 4.69) is 9.97 Å². The van der Waals surface area contributed by atoms with Crippen molar-refractivity contribution in [2.75, 3.05) is 0 Å². The maximum atomic E-state index is 12.6. The van der Waals surface area contributed by atoms with Crippen LogP contribution >= 0.6 is 11.6 Å². The Balaban J connectivity index is 1.66. The minimum Gasteiger partial charge on any atom is -0.439 e. The van der Waals surface area contributed by atoms with Gasteiger partial charge in [-0.2, -0.15) is 0 Å². The number of non-ortho nitro benzene ring substituents is 1. The van der Waals surface area contributed by atoms with E-state index in [1.54, 1.807) is 24.4 Å². The van der Waals surface area contributed by atoms with Gasteiger partial charge in [0.1, 0.15) is 6.54 Å². The number of aromatic nitrogens is 3. The van der Waals surface area contributed by atoms with Crippen LogP contribution in [0.5, 0.6) is 0 Å². The van der Waals surface area contributed by atoms with Gasteiger partial charge in [-0.1, -0.05) is 23.7 Å². The minimum absolute atomic E-state index is 0.0827. The summed E-state index contributed by atoms with van der Waals surface area (Å²) in [5, 5.41) is 11.7. The number of hydrogen-bond donors (Lipinski definition) is 0. The minimum atomic E-state index is -0.531. The SMILES string of the molecule is O=c1c2ccc([N+](=O)[O-])cc2ncn1Cc1ncc(-c2cccc(Cl)c2)o1. The Bertz CT molecular complexity index is 1230. The van der Waals surface area contributed by atoms with Crippen LogP contribution in [0.25, 0.3) is 22.2 Å². The van der Waals surface area contributed by atoms with Crippen LogP contribution in [0, 0.1) is 10.1 Å². The Morgan fingerprint density at radius 2 is 2.04 bits per heavy atom. The first-order valence-electron chi connectivity index (χ1n) is 7.85. The molecule has 0 aliphatic rings. The first-order valence-corrected chi connectivity index (χ1v) is 8.23. The number of hydrogen-bond acceptors (Lipinski definition) is 6. The van der Waals surface area contributed by atoms with Gasteiger partial charge in [-0.05, 0) is 18.2 Å². The Morgan fingerprint density at radius 1 is 1.19 bits per heavy atom. The van der Waals surface area contributed by atoms with Crippen LogP contribution in [0.3, 0.4) is 0 Å². The van der Waals surface area contributed by atoms with E-state index in [1.165, 1.54) is 29.1 Å². The average Bonchev–Trinajstić information content (AvgIpc) is 3.12. The van der Waals surface area contributed by atoms with Crippen LogP contribution in [0.1, 0.15) is 5.89 Å². The van der Waals surface area contributed by atoms with Crippen molar-refractivity contribution in [2.24, 2.45) is 0 Å². The molecule has 0 atom stereocenters. The van der Waals surface area contributed by atoms with E-state index in [0.29, 0.717) is 16.7 Å². The number of halogens is 1. The van der Waals surface area contributed by atoms with Gasteiger partial charge in [0, 0.05) is 22.7 Å². The molecule has 0 fully saturated rings. The standard InChI is InChI=1S/C18H11ClN4O4/c19-12-3-1-2-11(6-12)16-8-20-17(27-16)9-22-10-21-15-7-13(23(25)26)4-5-14(15)18(22)24/h1-8,10H,9H2. The molecular formula is C18H11ClN4O4. The highest BCUT2D eigenvalue weighted by Gasteiger charge is 2.13. The summed E-state index contributed by atoms with van der Waals surface area (Å²) in [6, 6.07) is 11.1. The zero-order valence-electron chi connectivity index (χ0n) is 13.7. The van der Waals surface area contributed by atoms with Gasteiger partial charge in [-0.15, -0.1) is 0 Å². The van der Waals surface area contributed by atoms with Crippen molar-refractivity contribution < 1.29 is 9.34 Å². The van der Waals surface area contributed by atoms with Crippen molar-refractivity contribution in [3.05, 3.63) is 86.4 Å². The summed E-state index contributed by atoms with van der Waals surface area (Å²) >= 11 is 5.98. The maximum absolute atomic E-state index is 12.6. The van der Waals surface area contributed by atoms with Gasteiger partial charge in [0.25, 0.3) is 11.2 Å². The normalized spacial score (nSPS) is 11.0. The lowest BCUT2D eigenvalue weighted by atomic mass is 10.2. The van der Waals surface area contributed by atoms with E-state index in [0.717, 1.165) is 5.56 Å². The number of nitro benzene ring substituents is 1. The van der Waals surface area contributed by atoms with Crippen LogP contribution in [0.2, 0.25) is 5.02 Å². The molecule has 2 heterocycles. The fraction of sp³-hybridized carbons (Fsp3) is 0.0556. The molecule has 0 radical (unpaired) electrons. The molecule has 134 valence electrons. The van der Waals surface area contributed by atoms with Gasteiger partial charge in [0.15, 0.2) is 5.76 Å². The second-order valence-corrected chi connectivity index (χ2v) is 6.20. The zero-order chi connectivity index (χ0) is 19.0. The Kier molecular flexibility index (Phi) is 4.17. The van der Waals surface area contributed by atoms with E-state index in [9.17, 15) is 14.9 Å². The van der Waals surface area contributed by atoms with Crippen molar-refractivity contribution in [1.29, 1.82) is 0 Å². The molecule has 0 saturated heterocycles. The third-order valence-corrected chi connectivity index (χ3v) is 4.22. The monoisotopic (exact) mass is 382 g/mol. The van der Waals surface area contributed by atoms with Gasteiger partial charge in [0.05, 0.1) is 28.4 Å². The summed E-state index contributed by atoms with van der Waals surface area (Å²) in [7, 11) is 0. The number of oxazole rings is 1. The second kappa shape index (κ2) is 6.65. The molecule has 0 aliphatic heterocycles. The molecule has 0 amide bonds. The van der Waals surface area contributed by atoms with Gasteiger partial charge >= 0.3 is 0 Å². The highest BCUT2D eigenvalue weighted by Crippen LogP contribution is 2.23. The lowest BCUT2D eigenvalue weighted by Gasteiger charge is -2.04. The summed E-state index contributed by atoms with van der Waals surface area (Å²) < 4.78 is 7.03. The lowest BCUT2D eigenvalue weighted by molar-refractivity contribution is -0.384. The van der Waals surface area contributed by atoms with Crippen molar-refractivity contribution in [2.45, 2.75) is 6.54 Å². The van der Waals surface area contributed by atoms with E-state index in [1.807, 2.05) is 6.07 Å². The fourth-order valence-electron chi connectivity index (χ4n) is 2.68. The first-order chi connectivity index (χ1) is 13.0. The van der Waals surface area contributed by atoms with Crippen molar-refractivity contribution >= 4 is 28.2 Å². The number of nitrogens with zero attached hydrogens (tertiary/aromatic N) is 4. The predicted molar refractivity (Wildman–Crippen MR) is 98.7 cm³/mol. The Labute approximate surface area is 156 Å². The van der Waals surface area contributed by atoms with Gasteiger partial charge < -0.3 is 4.42 Å². The van der Waals surface area contributed by atoms with Crippen molar-refractivity contribution in [3.63, 3.8) is 0 Å². The largest absolute Gasteiger partial charge is 0.439 e. The van der Waals surface area contributed by atoms with Crippen molar-refractivity contribution in [3.8, 4) is 11.3 Å². The van der Waals surface area contributed by atoms with Crippen LogP contribution in [-0.4, -0.2) is 19.5 Å². The number of nitro groups is 1. The molecule has 0 unspecified atom stereocenters. The highest BCUT2D eigenvalue weighted by atomic mass is 35.5. The third kappa shape index (κ3) is 3.30. The topological polar surface area (TPSA) is 104 Å². The fourth-order valence-corrected chi connectivity index (χ4v) is 2.87. The molecule has 27 heavy (non-hydrogen) atoms. The van der Waals surface area contributed by atoms with E-state index >= 15 is 0 Å². The molecule has 9 heteroatoms. The van der Waals surface area contributed by atoms with Gasteiger partial charge in [-0.25, -0.2) is 9.97 Å². The number of fused-ring (bicyclic) bond motifs is 1. The van der Waals surface area contributed by atoms with Crippen molar-refractivity contribution in [1.82, 2.24) is 14.5 Å². The zero-order valence-corrected chi connectivity index (χ0v) is 14.5. The third-order valence-electron chi connectivity index (χ3n) is 3.99. The van der Waals surface area contributed by atoms with Crippen LogP contribution in [0.4, 0.5) is 5.69 Å². The summed E-state index contributed by atoms with van der Waals surface area (Å²) in [5.74, 6) is 0.861. The average molecular weight is 383 g/mol. The summed E-state index contributed by atoms with van der Waals surface area (Å²) in [6.45, 7) is 0.0827. The van der Waals surface area contributed by atoms with Gasteiger partial charge in [-0.3, -0.25) is 19.5 Å². The van der Waals surface area contributed by atoms with E-state index in [-0.39, 0.29) is 28.7 Å². The molecular weight excluding hydrogens is 372 g/mol. The molecule has 2 aromatic carbocycles. The molecule has 8 nitrogen and oxygen atoms in total. The van der Waals surface area contributed by atoms with Crippen LogP contribution in [-0.2, 0) is 6.54 Å². The lowest BCUT2D eigenvalue weighted by Crippen LogP contribution is -2.21. The quantitative estimate of drug-likeness (QED) is 0.394. The molecule has 2 aromatic heterocycles. The van der Waals surface area contributed by atoms with Gasteiger partial charge in [0.2, 0.25) is 5.89 Å². The second-order valence-electron chi connectivity index (χ2n) is 5.76. The molecule has 0 saturated carbocycles. The molecule has 0 N–H and O–H groups in total. The van der Waals surface area contributed by atoms with E-state index < -0.39 is 4.92 Å². The molecule has 0 bridgehead atoms. The number of benzene rings is 2. The number of rotatable bonds is 4. The summed E-state index contributed by atoms with van der Waals surface area (Å²) in [5.41, 5.74) is 0.582. The molecule has 4 aromatic rings. The molecule has 0 aliphatic carbocycles. The highest BCUT2D eigenvalue weighted by molar-refractivity contribution is 6.30. The Morgan fingerprint density at radius 3 is 2.81 bits per heavy atom. The van der Waals surface area contributed by atoms with Crippen LogP contribution in [0.15, 0.2) is 64.2 Å². The smallest absolute Gasteiger partial charge is 0.271 e. The first kappa shape index (κ1) is 16.9. The molecule has 0 spiro atoms. The van der Waals surface area contributed by atoms with Crippen LogP contribution < -0.4 is 5.56 Å². The Hall–Kier alpha value is -3.52. The van der Waals surface area contributed by atoms with E-state index in [4.69, 9.17) is 16.0 Å². The summed E-state index contributed by atoms with van der Waals surface area (Å²) in [6.07, 6.45) is 2.88. The maximum Gasteiger partial charge on any atom is 0.271 e.